The fraction of sp³-hybridized carbons (Fsp3) is 0.667. The van der Waals surface area contributed by atoms with E-state index in [4.69, 9.17) is 16.3 Å². The Balaban J connectivity index is 0.00000106. The van der Waals surface area contributed by atoms with Gasteiger partial charge in [0.15, 0.2) is 0 Å². The molecule has 21 heavy (non-hydrogen) atoms. The van der Waals surface area contributed by atoms with Gasteiger partial charge >= 0.3 is 5.97 Å². The molecule has 0 amide bonds. The van der Waals surface area contributed by atoms with E-state index in [0.717, 1.165) is 37.7 Å². The molecular formula is C15H24ClN3O2. The van der Waals surface area contributed by atoms with Crippen LogP contribution >= 0.6 is 11.6 Å². The summed E-state index contributed by atoms with van der Waals surface area (Å²) in [6, 6.07) is 0. The Kier molecular flexibility index (Phi) is 6.89. The molecule has 1 aromatic heterocycles. The summed E-state index contributed by atoms with van der Waals surface area (Å²) in [5.74, 6) is 0.369. The Morgan fingerprint density at radius 2 is 1.95 bits per heavy atom. The summed E-state index contributed by atoms with van der Waals surface area (Å²) < 4.78 is 4.96. The van der Waals surface area contributed by atoms with E-state index in [1.54, 1.807) is 6.20 Å². The fourth-order valence-corrected chi connectivity index (χ4v) is 2.64. The van der Waals surface area contributed by atoms with Crippen LogP contribution in [-0.2, 0) is 9.53 Å². The quantitative estimate of drug-likeness (QED) is 0.680. The number of halogens is 1. The van der Waals surface area contributed by atoms with Crippen molar-refractivity contribution >= 4 is 23.4 Å². The molecular weight excluding hydrogens is 290 g/mol. The second-order valence-corrected chi connectivity index (χ2v) is 5.27. The Morgan fingerprint density at radius 3 is 2.52 bits per heavy atom. The third kappa shape index (κ3) is 4.30. The van der Waals surface area contributed by atoms with Crippen LogP contribution in [0.2, 0.25) is 5.28 Å². The highest BCUT2D eigenvalue weighted by Crippen LogP contribution is 2.33. The number of aromatic nitrogens is 2. The molecule has 1 fully saturated rings. The SMILES string of the molecule is CC.COC(=O)C1(Nc2nc(Cl)ncc2C)CCCCC1. The maximum absolute atomic E-state index is 12.1. The van der Waals surface area contributed by atoms with Gasteiger partial charge in [0.2, 0.25) is 5.28 Å². The number of aryl methyl sites for hydroxylation is 1. The Labute approximate surface area is 131 Å². The van der Waals surface area contributed by atoms with E-state index in [9.17, 15) is 4.79 Å². The van der Waals surface area contributed by atoms with Gasteiger partial charge in [-0.25, -0.2) is 14.8 Å². The smallest absolute Gasteiger partial charge is 0.331 e. The number of rotatable bonds is 3. The number of hydrogen-bond acceptors (Lipinski definition) is 5. The molecule has 5 nitrogen and oxygen atoms in total. The molecule has 2 rings (SSSR count). The number of methoxy groups -OCH3 is 1. The Hall–Kier alpha value is -1.36. The molecule has 1 aliphatic rings. The third-order valence-electron chi connectivity index (χ3n) is 3.58. The third-order valence-corrected chi connectivity index (χ3v) is 3.77. The number of anilines is 1. The topological polar surface area (TPSA) is 64.1 Å². The average Bonchev–Trinajstić information content (AvgIpc) is 2.53. The molecule has 118 valence electrons. The number of carbonyl (C=O) groups excluding carboxylic acids is 1. The fourth-order valence-electron chi connectivity index (χ4n) is 2.50. The van der Waals surface area contributed by atoms with Crippen molar-refractivity contribution in [3.05, 3.63) is 17.0 Å². The molecule has 1 saturated carbocycles. The molecule has 1 aromatic rings. The van der Waals surface area contributed by atoms with E-state index < -0.39 is 5.54 Å². The van der Waals surface area contributed by atoms with Crippen molar-refractivity contribution < 1.29 is 9.53 Å². The zero-order valence-electron chi connectivity index (χ0n) is 13.2. The Morgan fingerprint density at radius 1 is 1.33 bits per heavy atom. The zero-order chi connectivity index (χ0) is 15.9. The maximum Gasteiger partial charge on any atom is 0.331 e. The molecule has 0 atom stereocenters. The number of nitrogens with zero attached hydrogens (tertiary/aromatic N) is 2. The predicted octanol–water partition coefficient (Wildman–Crippen LogP) is 3.75. The van der Waals surface area contributed by atoms with Crippen molar-refractivity contribution in [2.45, 2.75) is 58.4 Å². The molecule has 0 saturated heterocycles. The predicted molar refractivity (Wildman–Crippen MR) is 84.6 cm³/mol. The van der Waals surface area contributed by atoms with Crippen LogP contribution in [0.5, 0.6) is 0 Å². The maximum atomic E-state index is 12.1. The van der Waals surface area contributed by atoms with Gasteiger partial charge in [-0.3, -0.25) is 0 Å². The van der Waals surface area contributed by atoms with Crippen molar-refractivity contribution in [3.8, 4) is 0 Å². The van der Waals surface area contributed by atoms with Crippen LogP contribution in [0.25, 0.3) is 0 Å². The van der Waals surface area contributed by atoms with Gasteiger partial charge in [0.05, 0.1) is 7.11 Å². The van der Waals surface area contributed by atoms with E-state index in [1.165, 1.54) is 7.11 Å². The summed E-state index contributed by atoms with van der Waals surface area (Å²) in [5.41, 5.74) is 0.174. The first-order valence-electron chi connectivity index (χ1n) is 7.43. The molecule has 6 heteroatoms. The monoisotopic (exact) mass is 313 g/mol. The van der Waals surface area contributed by atoms with Gasteiger partial charge in [-0.15, -0.1) is 0 Å². The molecule has 1 aliphatic carbocycles. The number of ether oxygens (including phenoxy) is 1. The van der Waals surface area contributed by atoms with E-state index in [2.05, 4.69) is 15.3 Å². The highest BCUT2D eigenvalue weighted by Gasteiger charge is 2.41. The van der Waals surface area contributed by atoms with E-state index in [-0.39, 0.29) is 11.3 Å². The van der Waals surface area contributed by atoms with Gasteiger partial charge in [-0.2, -0.15) is 0 Å². The van der Waals surface area contributed by atoms with Gasteiger partial charge in [-0.05, 0) is 31.4 Å². The molecule has 0 bridgehead atoms. The van der Waals surface area contributed by atoms with Crippen molar-refractivity contribution in [3.63, 3.8) is 0 Å². The van der Waals surface area contributed by atoms with Crippen LogP contribution in [0.1, 0.15) is 51.5 Å². The van der Waals surface area contributed by atoms with Crippen LogP contribution < -0.4 is 5.32 Å². The van der Waals surface area contributed by atoms with E-state index in [1.807, 2.05) is 20.8 Å². The lowest BCUT2D eigenvalue weighted by atomic mass is 9.81. The minimum Gasteiger partial charge on any atom is -0.467 e. The first kappa shape index (κ1) is 17.7. The van der Waals surface area contributed by atoms with Gasteiger partial charge in [0, 0.05) is 11.8 Å². The van der Waals surface area contributed by atoms with Crippen LogP contribution in [-0.4, -0.2) is 28.6 Å². The lowest BCUT2D eigenvalue weighted by Crippen LogP contribution is -2.49. The number of nitrogens with one attached hydrogen (secondary N) is 1. The van der Waals surface area contributed by atoms with E-state index in [0.29, 0.717) is 5.82 Å². The molecule has 1 heterocycles. The van der Waals surface area contributed by atoms with Gasteiger partial charge < -0.3 is 10.1 Å². The largest absolute Gasteiger partial charge is 0.467 e. The number of hydrogen-bond donors (Lipinski definition) is 1. The summed E-state index contributed by atoms with van der Waals surface area (Å²) in [7, 11) is 1.42. The second kappa shape index (κ2) is 8.17. The lowest BCUT2D eigenvalue weighted by Gasteiger charge is -2.36. The van der Waals surface area contributed by atoms with Crippen LogP contribution in [0, 0.1) is 6.92 Å². The summed E-state index contributed by atoms with van der Waals surface area (Å²) >= 11 is 5.81. The van der Waals surface area contributed by atoms with Gasteiger partial charge in [-0.1, -0.05) is 33.1 Å². The Bertz CT molecular complexity index is 474. The minimum atomic E-state index is -0.685. The van der Waals surface area contributed by atoms with Crippen molar-refractivity contribution in [1.82, 2.24) is 9.97 Å². The van der Waals surface area contributed by atoms with Crippen molar-refractivity contribution in [1.29, 1.82) is 0 Å². The second-order valence-electron chi connectivity index (χ2n) is 4.93. The van der Waals surface area contributed by atoms with Crippen molar-refractivity contribution in [2.75, 3.05) is 12.4 Å². The summed E-state index contributed by atoms with van der Waals surface area (Å²) in [6.07, 6.45) is 6.29. The summed E-state index contributed by atoms with van der Waals surface area (Å²) in [4.78, 5) is 20.2. The van der Waals surface area contributed by atoms with Crippen molar-refractivity contribution in [2.24, 2.45) is 0 Å². The lowest BCUT2D eigenvalue weighted by molar-refractivity contribution is -0.147. The highest BCUT2D eigenvalue weighted by molar-refractivity contribution is 6.28. The van der Waals surface area contributed by atoms with Crippen LogP contribution in [0.15, 0.2) is 6.20 Å². The first-order valence-corrected chi connectivity index (χ1v) is 7.81. The molecule has 0 radical (unpaired) electrons. The standard InChI is InChI=1S/C13H18ClN3O2.C2H6/c1-9-8-15-12(14)16-10(9)17-13(11(18)19-2)6-4-3-5-7-13;1-2/h8H,3-7H2,1-2H3,(H,15,16,17);1-2H3. The molecule has 0 aromatic carbocycles. The zero-order valence-corrected chi connectivity index (χ0v) is 14.0. The van der Waals surface area contributed by atoms with Crippen LogP contribution in [0.3, 0.4) is 0 Å². The van der Waals surface area contributed by atoms with Crippen LogP contribution in [0.4, 0.5) is 5.82 Å². The average molecular weight is 314 g/mol. The highest BCUT2D eigenvalue weighted by atomic mass is 35.5. The molecule has 0 unspecified atom stereocenters. The first-order chi connectivity index (χ1) is 10.1. The molecule has 0 spiro atoms. The normalized spacial score (nSPS) is 16.4. The molecule has 1 N–H and O–H groups in total. The van der Waals surface area contributed by atoms with E-state index >= 15 is 0 Å². The summed E-state index contributed by atoms with van der Waals surface area (Å²) in [6.45, 7) is 5.88. The number of carbonyl (C=O) groups is 1. The van der Waals surface area contributed by atoms with Gasteiger partial charge in [0.25, 0.3) is 0 Å². The number of esters is 1. The molecule has 0 aliphatic heterocycles. The van der Waals surface area contributed by atoms with Gasteiger partial charge in [0.1, 0.15) is 11.4 Å². The minimum absolute atomic E-state index is 0.170. The summed E-state index contributed by atoms with van der Waals surface area (Å²) in [5, 5.41) is 3.41.